The third kappa shape index (κ3) is 4.37. The summed E-state index contributed by atoms with van der Waals surface area (Å²) in [6.45, 7) is 1.73. The molecule has 2 bridgehead atoms. The molecular formula is C27H38N2O10S. The van der Waals surface area contributed by atoms with Crippen molar-refractivity contribution >= 4 is 22.3 Å². The number of hydrogen-bond acceptors (Lipinski definition) is 8. The lowest BCUT2D eigenvalue weighted by Crippen LogP contribution is -2.82. The summed E-state index contributed by atoms with van der Waals surface area (Å²) in [5, 5.41) is 34.8. The zero-order valence-electron chi connectivity index (χ0n) is 22.7. The Morgan fingerprint density at radius 3 is 2.58 bits per heavy atom. The average molecular weight is 583 g/mol. The van der Waals surface area contributed by atoms with Crippen LogP contribution in [-0.2, 0) is 31.8 Å². The molecular weight excluding hydrogens is 544 g/mol. The number of aliphatic carboxylic acids is 2. The fraction of sp³-hybridized carbons (Fsp3) is 0.667. The molecule has 3 fully saturated rings. The first-order chi connectivity index (χ1) is 18.3. The van der Waals surface area contributed by atoms with Crippen LogP contribution in [0.3, 0.4) is 0 Å². The molecule has 1 unspecified atom stereocenters. The fourth-order valence-corrected chi connectivity index (χ4v) is 8.66. The molecule has 3 aliphatic carbocycles. The second-order valence-corrected chi connectivity index (χ2v) is 13.3. The van der Waals surface area contributed by atoms with Gasteiger partial charge in [-0.1, -0.05) is 6.07 Å². The Morgan fingerprint density at radius 1 is 1.23 bits per heavy atom. The van der Waals surface area contributed by atoms with Crippen molar-refractivity contribution in [1.29, 1.82) is 0 Å². The third-order valence-electron chi connectivity index (χ3n) is 10.0. The van der Waals surface area contributed by atoms with Gasteiger partial charge in [0.15, 0.2) is 11.5 Å². The first-order valence-corrected chi connectivity index (χ1v) is 14.9. The molecule has 13 heteroatoms. The average Bonchev–Trinajstić information content (AvgIpc) is 3.56. The van der Waals surface area contributed by atoms with Crippen LogP contribution in [0.1, 0.15) is 56.1 Å². The number of nitrogens with one attached hydrogen (secondary N) is 1. The number of quaternary nitrogens is 1. The van der Waals surface area contributed by atoms with Crippen LogP contribution >= 0.6 is 0 Å². The van der Waals surface area contributed by atoms with E-state index in [-0.39, 0.29) is 37.8 Å². The number of ether oxygens (including phenoxy) is 1. The molecule has 2 heterocycles. The molecule has 0 aromatic heterocycles. The van der Waals surface area contributed by atoms with Gasteiger partial charge in [-0.15, -0.1) is 0 Å². The highest BCUT2D eigenvalue weighted by Crippen LogP contribution is 2.66. The van der Waals surface area contributed by atoms with Crippen LogP contribution in [0.2, 0.25) is 0 Å². The molecule has 2 saturated carbocycles. The molecule has 1 spiro atoms. The lowest BCUT2D eigenvalue weighted by Gasteiger charge is -2.65. The highest BCUT2D eigenvalue weighted by molar-refractivity contribution is 7.81. The lowest BCUT2D eigenvalue weighted by molar-refractivity contribution is -0.950. The van der Waals surface area contributed by atoms with Crippen molar-refractivity contribution in [1.82, 2.24) is 5.32 Å². The monoisotopic (exact) mass is 582 g/mol. The van der Waals surface area contributed by atoms with E-state index in [1.807, 2.05) is 0 Å². The SMILES string of the molecule is C[N@+]1(CC2CC2)CC[C@]23c4c5ccc(OS(=O)(=O)O)c4O[C@H]2C(N[C@@H](CCC(=O)O)C(=O)O)CC[C@@]3(O)[C@H]1C5.[CH3-]. The van der Waals surface area contributed by atoms with E-state index in [1.165, 1.54) is 18.9 Å². The number of likely N-dealkylation sites (tertiary alicyclic amines) is 1. The van der Waals surface area contributed by atoms with Crippen molar-refractivity contribution in [3.05, 3.63) is 30.7 Å². The Bertz CT molecular complexity index is 1330. The van der Waals surface area contributed by atoms with Gasteiger partial charge >= 0.3 is 22.3 Å². The first kappa shape index (κ1) is 29.1. The van der Waals surface area contributed by atoms with Gasteiger partial charge in [-0.3, -0.25) is 19.5 Å². The Hall–Kier alpha value is -2.45. The maximum Gasteiger partial charge on any atom is 0.446 e. The standard InChI is InChI=1S/C26H34N2O10S.CH3/c1-28(13-14-2-3-14)11-10-25-21-15-4-6-18(38-39(34,35)36)22(21)37-23(25)16(8-9-26(25,33)19(28)12-15)27-17(24(31)32)5-7-20(29)30;/h4,6,14,16-17,19,23,27,33H,2-3,5,7-13H2,1H3,(H2-,29,30,31,32,34,35,36);1H3/q;-1/p+1/t16?,17-,19+,23-,25-,26+,28+;/m0./s1. The van der Waals surface area contributed by atoms with Gasteiger partial charge in [0.05, 0.1) is 25.6 Å². The number of aliphatic hydroxyl groups is 1. The molecule has 2 aliphatic heterocycles. The molecule has 0 amide bonds. The van der Waals surface area contributed by atoms with E-state index in [0.29, 0.717) is 37.2 Å². The minimum Gasteiger partial charge on any atom is -0.483 e. The van der Waals surface area contributed by atoms with Crippen molar-refractivity contribution in [3.8, 4) is 11.5 Å². The van der Waals surface area contributed by atoms with Gasteiger partial charge in [-0.2, -0.15) is 8.42 Å². The number of carbonyl (C=O) groups is 2. The van der Waals surface area contributed by atoms with Gasteiger partial charge in [0, 0.05) is 36.8 Å². The number of benzene rings is 1. The highest BCUT2D eigenvalue weighted by Gasteiger charge is 2.76. The molecule has 5 N–H and O–H groups in total. The van der Waals surface area contributed by atoms with E-state index >= 15 is 0 Å². The Morgan fingerprint density at radius 2 is 1.95 bits per heavy atom. The van der Waals surface area contributed by atoms with E-state index < -0.39 is 51.5 Å². The summed E-state index contributed by atoms with van der Waals surface area (Å²) in [5.41, 5.74) is -0.557. The molecule has 222 valence electrons. The molecule has 0 radical (unpaired) electrons. The number of piperidine rings is 1. The number of likely N-dealkylation sites (N-methyl/N-ethyl adjacent to an activating group) is 1. The zero-order valence-corrected chi connectivity index (χ0v) is 23.5. The minimum atomic E-state index is -4.86. The molecule has 1 saturated heterocycles. The number of hydrogen-bond donors (Lipinski definition) is 5. The first-order valence-electron chi connectivity index (χ1n) is 13.5. The Kier molecular flexibility index (Phi) is 6.94. The zero-order chi connectivity index (χ0) is 28.0. The topological polar surface area (TPSA) is 180 Å². The van der Waals surface area contributed by atoms with Crippen LogP contribution in [0, 0.1) is 13.3 Å². The van der Waals surface area contributed by atoms with Gasteiger partial charge in [0.25, 0.3) is 0 Å². The van der Waals surface area contributed by atoms with Crippen LogP contribution in [0.5, 0.6) is 11.5 Å². The van der Waals surface area contributed by atoms with Gasteiger partial charge in [-0.05, 0) is 43.7 Å². The van der Waals surface area contributed by atoms with Crippen molar-refractivity contribution in [3.63, 3.8) is 0 Å². The van der Waals surface area contributed by atoms with Crippen LogP contribution in [0.25, 0.3) is 0 Å². The van der Waals surface area contributed by atoms with Gasteiger partial charge < -0.3 is 36.1 Å². The predicted molar refractivity (Wildman–Crippen MR) is 141 cm³/mol. The summed E-state index contributed by atoms with van der Waals surface area (Å²) >= 11 is 0. The molecule has 40 heavy (non-hydrogen) atoms. The van der Waals surface area contributed by atoms with Crippen LogP contribution < -0.4 is 14.2 Å². The summed E-state index contributed by atoms with van der Waals surface area (Å²) in [5.74, 6) is -1.68. The smallest absolute Gasteiger partial charge is 0.446 e. The van der Waals surface area contributed by atoms with Crippen LogP contribution in [0.4, 0.5) is 0 Å². The summed E-state index contributed by atoms with van der Waals surface area (Å²) < 4.78 is 44.8. The molecule has 5 aliphatic rings. The van der Waals surface area contributed by atoms with Crippen molar-refractivity contribution in [2.24, 2.45) is 5.92 Å². The summed E-state index contributed by atoms with van der Waals surface area (Å²) in [6.07, 6.45) is 3.04. The molecule has 12 nitrogen and oxygen atoms in total. The van der Waals surface area contributed by atoms with Gasteiger partial charge in [0.1, 0.15) is 23.8 Å². The van der Waals surface area contributed by atoms with Crippen molar-refractivity contribution in [2.75, 3.05) is 20.1 Å². The number of nitrogens with zero attached hydrogens (tertiary/aromatic N) is 1. The largest absolute Gasteiger partial charge is 0.483 e. The maximum absolute atomic E-state index is 12.7. The second kappa shape index (κ2) is 9.55. The van der Waals surface area contributed by atoms with E-state index in [1.54, 1.807) is 6.07 Å². The third-order valence-corrected chi connectivity index (χ3v) is 10.4. The number of carboxylic acids is 2. The van der Waals surface area contributed by atoms with Crippen molar-refractivity contribution in [2.45, 2.75) is 86.6 Å². The molecule has 1 aromatic carbocycles. The second-order valence-electron chi connectivity index (χ2n) is 12.3. The van der Waals surface area contributed by atoms with E-state index in [2.05, 4.69) is 12.4 Å². The molecule has 6 rings (SSSR count). The highest BCUT2D eigenvalue weighted by atomic mass is 32.3. The van der Waals surface area contributed by atoms with Gasteiger partial charge in [-0.25, -0.2) is 0 Å². The minimum absolute atomic E-state index is 0. The normalized spacial score (nSPS) is 36.0. The lowest BCUT2D eigenvalue weighted by atomic mass is 9.48. The van der Waals surface area contributed by atoms with E-state index in [0.717, 1.165) is 23.1 Å². The van der Waals surface area contributed by atoms with Crippen LogP contribution in [-0.4, -0.2) is 94.7 Å². The number of carboxylic acid groups (broad SMARTS) is 2. The molecule has 1 aromatic rings. The maximum atomic E-state index is 12.7. The van der Waals surface area contributed by atoms with E-state index in [4.69, 9.17) is 14.0 Å². The fourth-order valence-electron chi connectivity index (χ4n) is 8.30. The van der Waals surface area contributed by atoms with Crippen LogP contribution in [0.15, 0.2) is 12.1 Å². The Balaban J connectivity index is 0.00000323. The predicted octanol–water partition coefficient (Wildman–Crippen LogP) is 1.30. The summed E-state index contributed by atoms with van der Waals surface area (Å²) in [4.78, 5) is 23.2. The van der Waals surface area contributed by atoms with Crippen molar-refractivity contribution < 1.29 is 51.3 Å². The quantitative estimate of drug-likeness (QED) is 0.152. The summed E-state index contributed by atoms with van der Waals surface area (Å²) in [7, 11) is -2.65. The van der Waals surface area contributed by atoms with E-state index in [9.17, 15) is 32.8 Å². The summed E-state index contributed by atoms with van der Waals surface area (Å²) in [6, 6.07) is 1.39. The van der Waals surface area contributed by atoms with Gasteiger partial charge in [0.2, 0.25) is 0 Å². The Labute approximate surface area is 233 Å². The number of rotatable bonds is 10. The molecule has 7 atom stereocenters.